The number of benzene rings is 2. The molecule has 0 atom stereocenters. The third-order valence-electron chi connectivity index (χ3n) is 5.04. The summed E-state index contributed by atoms with van der Waals surface area (Å²) in [5.41, 5.74) is 2.41. The van der Waals surface area contributed by atoms with Crippen LogP contribution < -0.4 is 0 Å². The van der Waals surface area contributed by atoms with Crippen molar-refractivity contribution in [2.45, 2.75) is 18.7 Å². The van der Waals surface area contributed by atoms with Crippen LogP contribution in [0.1, 0.15) is 31.8 Å². The molecule has 2 aromatic carbocycles. The number of carbonyl (C=O) groups excluding carboxylic acids is 2. The molecule has 8 heteroatoms. The molecule has 0 radical (unpaired) electrons. The van der Waals surface area contributed by atoms with Gasteiger partial charge in [-0.1, -0.05) is 12.1 Å². The molecular weight excluding hydrogens is 392 g/mol. The van der Waals surface area contributed by atoms with Crippen LogP contribution in [0.25, 0.3) is 0 Å². The lowest BCUT2D eigenvalue weighted by molar-refractivity contribution is 0.0599. The van der Waals surface area contributed by atoms with E-state index in [0.29, 0.717) is 34.7 Å². The van der Waals surface area contributed by atoms with Crippen molar-refractivity contribution in [2.24, 2.45) is 0 Å². The first-order valence-corrected chi connectivity index (χ1v) is 10.7. The zero-order valence-corrected chi connectivity index (χ0v) is 17.5. The minimum atomic E-state index is -3.60. The van der Waals surface area contributed by atoms with Gasteiger partial charge < -0.3 is 9.64 Å². The molecule has 0 unspecified atom stereocenters. The molecule has 1 amide bonds. The van der Waals surface area contributed by atoms with Gasteiger partial charge in [-0.2, -0.15) is 4.31 Å². The van der Waals surface area contributed by atoms with Crippen LogP contribution in [0.4, 0.5) is 0 Å². The molecule has 0 aliphatic carbocycles. The van der Waals surface area contributed by atoms with E-state index >= 15 is 0 Å². The number of nitrogens with zero attached hydrogens (tertiary/aromatic N) is 2. The second-order valence-electron chi connectivity index (χ2n) is 7.03. The van der Waals surface area contributed by atoms with Gasteiger partial charge in [0.05, 0.1) is 17.6 Å². The normalized spacial score (nSPS) is 15.2. The van der Waals surface area contributed by atoms with Gasteiger partial charge in [0, 0.05) is 31.7 Å². The summed E-state index contributed by atoms with van der Waals surface area (Å²) < 4.78 is 32.1. The van der Waals surface area contributed by atoms with Gasteiger partial charge in [-0.3, -0.25) is 4.79 Å². The Morgan fingerprint density at radius 3 is 2.07 bits per heavy atom. The maximum atomic E-state index is 13.0. The number of ether oxygens (including phenoxy) is 1. The first-order valence-electron chi connectivity index (χ1n) is 9.29. The smallest absolute Gasteiger partial charge is 0.337 e. The molecule has 154 valence electrons. The van der Waals surface area contributed by atoms with Gasteiger partial charge >= 0.3 is 5.97 Å². The van der Waals surface area contributed by atoms with Crippen LogP contribution in [0.2, 0.25) is 0 Å². The average Bonchev–Trinajstić information content (AvgIpc) is 2.74. The fraction of sp³-hybridized carbons (Fsp3) is 0.333. The van der Waals surface area contributed by atoms with Crippen molar-refractivity contribution in [1.82, 2.24) is 9.21 Å². The third kappa shape index (κ3) is 4.33. The minimum absolute atomic E-state index is 0.190. The lowest BCUT2D eigenvalue weighted by atomic mass is 10.1. The van der Waals surface area contributed by atoms with Crippen LogP contribution in [0.3, 0.4) is 0 Å². The second kappa shape index (κ2) is 8.34. The number of carbonyl (C=O) groups is 2. The monoisotopic (exact) mass is 416 g/mol. The standard InChI is InChI=1S/C21H24N2O5S/c1-15-4-5-16(2)19(14-15)29(26,27)23-12-10-22(11-13-23)20(24)17-6-8-18(9-7-17)21(25)28-3/h4-9,14H,10-13H2,1-3H3. The lowest BCUT2D eigenvalue weighted by Gasteiger charge is -2.34. The van der Waals surface area contributed by atoms with Crippen LogP contribution in [0.15, 0.2) is 47.4 Å². The number of aryl methyl sites for hydroxylation is 2. The summed E-state index contributed by atoms with van der Waals surface area (Å²) in [5.74, 6) is -0.653. The summed E-state index contributed by atoms with van der Waals surface area (Å²) in [6.45, 7) is 4.73. The van der Waals surface area contributed by atoms with Crippen molar-refractivity contribution in [1.29, 1.82) is 0 Å². The van der Waals surface area contributed by atoms with Gasteiger partial charge in [-0.15, -0.1) is 0 Å². The van der Waals surface area contributed by atoms with E-state index in [9.17, 15) is 18.0 Å². The zero-order chi connectivity index (χ0) is 21.2. The van der Waals surface area contributed by atoms with Crippen molar-refractivity contribution in [2.75, 3.05) is 33.3 Å². The van der Waals surface area contributed by atoms with Crippen molar-refractivity contribution in [3.63, 3.8) is 0 Å². The molecule has 1 aliphatic heterocycles. The predicted molar refractivity (Wildman–Crippen MR) is 108 cm³/mol. The molecule has 29 heavy (non-hydrogen) atoms. The molecule has 0 spiro atoms. The van der Waals surface area contributed by atoms with E-state index in [4.69, 9.17) is 0 Å². The van der Waals surface area contributed by atoms with Crippen molar-refractivity contribution >= 4 is 21.9 Å². The Labute approximate surface area is 170 Å². The van der Waals surface area contributed by atoms with Gasteiger partial charge in [0.2, 0.25) is 10.0 Å². The van der Waals surface area contributed by atoms with Gasteiger partial charge in [-0.25, -0.2) is 13.2 Å². The molecule has 1 fully saturated rings. The van der Waals surface area contributed by atoms with E-state index in [-0.39, 0.29) is 19.0 Å². The predicted octanol–water partition coefficient (Wildman–Crippen LogP) is 2.24. The van der Waals surface area contributed by atoms with Crippen LogP contribution in [0, 0.1) is 13.8 Å². The van der Waals surface area contributed by atoms with E-state index in [1.807, 2.05) is 13.0 Å². The molecule has 7 nitrogen and oxygen atoms in total. The number of methoxy groups -OCH3 is 1. The molecule has 1 heterocycles. The highest BCUT2D eigenvalue weighted by atomic mass is 32.2. The number of hydrogen-bond acceptors (Lipinski definition) is 5. The number of hydrogen-bond donors (Lipinski definition) is 0. The van der Waals surface area contributed by atoms with Gasteiger partial charge in [0.15, 0.2) is 0 Å². The largest absolute Gasteiger partial charge is 0.465 e. The van der Waals surface area contributed by atoms with Crippen LogP contribution in [0.5, 0.6) is 0 Å². The molecule has 0 bridgehead atoms. The highest BCUT2D eigenvalue weighted by molar-refractivity contribution is 7.89. The number of esters is 1. The van der Waals surface area contributed by atoms with Gasteiger partial charge in [-0.05, 0) is 55.3 Å². The fourth-order valence-electron chi connectivity index (χ4n) is 3.31. The van der Waals surface area contributed by atoms with Crippen LogP contribution in [-0.2, 0) is 14.8 Å². The molecule has 2 aromatic rings. The Morgan fingerprint density at radius 2 is 1.48 bits per heavy atom. The highest BCUT2D eigenvalue weighted by Crippen LogP contribution is 2.23. The molecule has 0 saturated carbocycles. The summed E-state index contributed by atoms with van der Waals surface area (Å²) >= 11 is 0. The second-order valence-corrected chi connectivity index (χ2v) is 8.94. The molecule has 0 aromatic heterocycles. The number of amides is 1. The van der Waals surface area contributed by atoms with E-state index in [1.54, 1.807) is 48.2 Å². The van der Waals surface area contributed by atoms with Crippen LogP contribution in [-0.4, -0.2) is 62.8 Å². The van der Waals surface area contributed by atoms with E-state index in [1.165, 1.54) is 11.4 Å². The average molecular weight is 416 g/mol. The molecular formula is C21H24N2O5S. The zero-order valence-electron chi connectivity index (χ0n) is 16.7. The van der Waals surface area contributed by atoms with Crippen molar-refractivity contribution < 1.29 is 22.7 Å². The molecule has 0 N–H and O–H groups in total. The lowest BCUT2D eigenvalue weighted by Crippen LogP contribution is -2.50. The van der Waals surface area contributed by atoms with Crippen molar-refractivity contribution in [3.8, 4) is 0 Å². The van der Waals surface area contributed by atoms with E-state index in [2.05, 4.69) is 4.74 Å². The maximum Gasteiger partial charge on any atom is 0.337 e. The quantitative estimate of drug-likeness (QED) is 0.714. The Balaban J connectivity index is 1.69. The van der Waals surface area contributed by atoms with Gasteiger partial charge in [0.1, 0.15) is 0 Å². The Morgan fingerprint density at radius 1 is 0.897 bits per heavy atom. The SMILES string of the molecule is COC(=O)c1ccc(C(=O)N2CCN(S(=O)(=O)c3cc(C)ccc3C)CC2)cc1. The first-order chi connectivity index (χ1) is 13.7. The molecule has 1 aliphatic rings. The fourth-order valence-corrected chi connectivity index (χ4v) is 5.04. The van der Waals surface area contributed by atoms with E-state index < -0.39 is 16.0 Å². The Kier molecular flexibility index (Phi) is 6.04. The topological polar surface area (TPSA) is 84.0 Å². The van der Waals surface area contributed by atoms with Crippen molar-refractivity contribution in [3.05, 3.63) is 64.7 Å². The van der Waals surface area contributed by atoms with Gasteiger partial charge in [0.25, 0.3) is 5.91 Å². The Hall–Kier alpha value is -2.71. The minimum Gasteiger partial charge on any atom is -0.465 e. The summed E-state index contributed by atoms with van der Waals surface area (Å²) in [4.78, 5) is 26.2. The van der Waals surface area contributed by atoms with E-state index in [0.717, 1.165) is 5.56 Å². The third-order valence-corrected chi connectivity index (χ3v) is 7.08. The maximum absolute atomic E-state index is 13.0. The summed E-state index contributed by atoms with van der Waals surface area (Å²) in [6, 6.07) is 11.6. The Bertz CT molecular complexity index is 1020. The summed E-state index contributed by atoms with van der Waals surface area (Å²) in [7, 11) is -2.30. The highest BCUT2D eigenvalue weighted by Gasteiger charge is 2.31. The first kappa shape index (κ1) is 21.0. The molecule has 3 rings (SSSR count). The number of piperazine rings is 1. The number of rotatable bonds is 4. The molecule has 1 saturated heterocycles. The summed E-state index contributed by atoms with van der Waals surface area (Å²) in [5, 5.41) is 0. The number of sulfonamides is 1. The summed E-state index contributed by atoms with van der Waals surface area (Å²) in [6.07, 6.45) is 0. The van der Waals surface area contributed by atoms with Crippen LogP contribution >= 0.6 is 0 Å².